The molecular formula is C12H17N3O3S. The molecule has 0 aliphatic rings. The SMILES string of the molecule is CC(C)(C)NS(=O)(=O)Nc1cccc(OCC#N)c1. The number of nitrogens with zero attached hydrogens (tertiary/aromatic N) is 1. The first-order valence-electron chi connectivity index (χ1n) is 5.63. The van der Waals surface area contributed by atoms with Gasteiger partial charge in [0.2, 0.25) is 0 Å². The highest BCUT2D eigenvalue weighted by atomic mass is 32.2. The summed E-state index contributed by atoms with van der Waals surface area (Å²) in [5.74, 6) is 0.428. The van der Waals surface area contributed by atoms with Gasteiger partial charge in [0.25, 0.3) is 10.2 Å². The van der Waals surface area contributed by atoms with Gasteiger partial charge in [0.1, 0.15) is 11.8 Å². The molecule has 104 valence electrons. The van der Waals surface area contributed by atoms with Crippen LogP contribution in [0.1, 0.15) is 20.8 Å². The first-order valence-corrected chi connectivity index (χ1v) is 7.12. The summed E-state index contributed by atoms with van der Waals surface area (Å²) in [6.45, 7) is 5.16. The third-order valence-electron chi connectivity index (χ3n) is 1.83. The van der Waals surface area contributed by atoms with Gasteiger partial charge in [0, 0.05) is 11.6 Å². The average Bonchev–Trinajstić information content (AvgIpc) is 2.22. The summed E-state index contributed by atoms with van der Waals surface area (Å²) in [7, 11) is -3.65. The van der Waals surface area contributed by atoms with E-state index in [1.54, 1.807) is 39.0 Å². The predicted molar refractivity (Wildman–Crippen MR) is 73.0 cm³/mol. The average molecular weight is 283 g/mol. The van der Waals surface area contributed by atoms with Crippen molar-refractivity contribution < 1.29 is 13.2 Å². The lowest BCUT2D eigenvalue weighted by molar-refractivity contribution is 0.368. The summed E-state index contributed by atoms with van der Waals surface area (Å²) in [5, 5.41) is 8.41. The summed E-state index contributed by atoms with van der Waals surface area (Å²) >= 11 is 0. The van der Waals surface area contributed by atoms with E-state index in [1.165, 1.54) is 6.07 Å². The Hall–Kier alpha value is -1.78. The zero-order chi connectivity index (χ0) is 14.5. The first-order chi connectivity index (χ1) is 8.72. The highest BCUT2D eigenvalue weighted by Crippen LogP contribution is 2.18. The molecule has 6 nitrogen and oxygen atoms in total. The number of ether oxygens (including phenoxy) is 1. The monoisotopic (exact) mass is 283 g/mol. The highest BCUT2D eigenvalue weighted by molar-refractivity contribution is 7.90. The van der Waals surface area contributed by atoms with Crippen molar-refractivity contribution in [2.45, 2.75) is 26.3 Å². The molecule has 0 fully saturated rings. The highest BCUT2D eigenvalue weighted by Gasteiger charge is 2.19. The van der Waals surface area contributed by atoms with Gasteiger partial charge in [-0.1, -0.05) is 6.07 Å². The van der Waals surface area contributed by atoms with Crippen molar-refractivity contribution in [2.75, 3.05) is 11.3 Å². The van der Waals surface area contributed by atoms with E-state index in [0.29, 0.717) is 11.4 Å². The number of hydrogen-bond donors (Lipinski definition) is 2. The fourth-order valence-electron chi connectivity index (χ4n) is 1.35. The van der Waals surface area contributed by atoms with Crippen molar-refractivity contribution in [3.8, 4) is 11.8 Å². The van der Waals surface area contributed by atoms with Gasteiger partial charge in [-0.2, -0.15) is 18.4 Å². The van der Waals surface area contributed by atoms with Crippen LogP contribution in [0.3, 0.4) is 0 Å². The molecule has 0 spiro atoms. The minimum Gasteiger partial charge on any atom is -0.479 e. The molecule has 0 radical (unpaired) electrons. The van der Waals surface area contributed by atoms with Crippen molar-refractivity contribution in [1.82, 2.24) is 4.72 Å². The number of rotatable bonds is 5. The molecule has 0 aliphatic heterocycles. The van der Waals surface area contributed by atoms with E-state index >= 15 is 0 Å². The fourth-order valence-corrected chi connectivity index (χ4v) is 2.64. The molecule has 0 saturated carbocycles. The minimum absolute atomic E-state index is 0.0869. The minimum atomic E-state index is -3.65. The van der Waals surface area contributed by atoms with Gasteiger partial charge in [0.05, 0.1) is 5.69 Å². The molecule has 0 heterocycles. The van der Waals surface area contributed by atoms with Crippen molar-refractivity contribution in [3.05, 3.63) is 24.3 Å². The van der Waals surface area contributed by atoms with Crippen LogP contribution in [0.15, 0.2) is 24.3 Å². The van der Waals surface area contributed by atoms with Crippen molar-refractivity contribution in [2.24, 2.45) is 0 Å². The van der Waals surface area contributed by atoms with Crippen molar-refractivity contribution in [3.63, 3.8) is 0 Å². The maximum absolute atomic E-state index is 11.8. The van der Waals surface area contributed by atoms with Crippen LogP contribution in [0.25, 0.3) is 0 Å². The van der Waals surface area contributed by atoms with Gasteiger partial charge >= 0.3 is 0 Å². The Balaban J connectivity index is 2.80. The van der Waals surface area contributed by atoms with E-state index in [2.05, 4.69) is 9.44 Å². The standard InChI is InChI=1S/C12H17N3O3S/c1-12(2,3)15-19(16,17)14-10-5-4-6-11(9-10)18-8-7-13/h4-6,9,14-15H,8H2,1-3H3. The number of nitrogens with one attached hydrogen (secondary N) is 2. The predicted octanol–water partition coefficient (Wildman–Crippen LogP) is 1.63. The van der Waals surface area contributed by atoms with Crippen LogP contribution in [0.5, 0.6) is 5.75 Å². The van der Waals surface area contributed by atoms with Crippen LogP contribution in [0.2, 0.25) is 0 Å². The molecule has 0 bridgehead atoms. The van der Waals surface area contributed by atoms with Gasteiger partial charge in [0.15, 0.2) is 6.61 Å². The van der Waals surface area contributed by atoms with Crippen LogP contribution in [-0.4, -0.2) is 20.6 Å². The zero-order valence-corrected chi connectivity index (χ0v) is 11.9. The molecule has 0 amide bonds. The Kier molecular flexibility index (Phi) is 4.75. The van der Waals surface area contributed by atoms with E-state index in [9.17, 15) is 8.42 Å². The number of benzene rings is 1. The van der Waals surface area contributed by atoms with Crippen molar-refractivity contribution >= 4 is 15.9 Å². The Morgan fingerprint density at radius 2 is 2.05 bits per heavy atom. The second kappa shape index (κ2) is 5.91. The van der Waals surface area contributed by atoms with Gasteiger partial charge in [-0.25, -0.2) is 0 Å². The van der Waals surface area contributed by atoms with Crippen LogP contribution in [0.4, 0.5) is 5.69 Å². The van der Waals surface area contributed by atoms with Crippen LogP contribution < -0.4 is 14.2 Å². The molecule has 0 atom stereocenters. The molecule has 0 aromatic heterocycles. The van der Waals surface area contributed by atoms with E-state index in [0.717, 1.165) is 0 Å². The topological polar surface area (TPSA) is 91.2 Å². The molecule has 0 unspecified atom stereocenters. The van der Waals surface area contributed by atoms with Gasteiger partial charge < -0.3 is 4.74 Å². The molecule has 7 heteroatoms. The summed E-state index contributed by atoms with van der Waals surface area (Å²) in [6.07, 6.45) is 0. The lowest BCUT2D eigenvalue weighted by atomic mass is 10.1. The smallest absolute Gasteiger partial charge is 0.299 e. The zero-order valence-electron chi connectivity index (χ0n) is 11.1. The number of hydrogen-bond acceptors (Lipinski definition) is 4. The normalized spacial score (nSPS) is 11.7. The molecule has 1 aromatic rings. The lowest BCUT2D eigenvalue weighted by Gasteiger charge is -2.21. The second-order valence-electron chi connectivity index (χ2n) is 4.93. The second-order valence-corrected chi connectivity index (χ2v) is 6.35. The van der Waals surface area contributed by atoms with Gasteiger partial charge in [-0.15, -0.1) is 0 Å². The van der Waals surface area contributed by atoms with E-state index in [-0.39, 0.29) is 6.61 Å². The van der Waals surface area contributed by atoms with Crippen molar-refractivity contribution in [1.29, 1.82) is 5.26 Å². The van der Waals surface area contributed by atoms with Crippen LogP contribution in [-0.2, 0) is 10.2 Å². The summed E-state index contributed by atoms with van der Waals surface area (Å²) in [4.78, 5) is 0. The fraction of sp³-hybridized carbons (Fsp3) is 0.417. The largest absolute Gasteiger partial charge is 0.479 e. The number of nitriles is 1. The Morgan fingerprint density at radius 1 is 1.37 bits per heavy atom. The van der Waals surface area contributed by atoms with Gasteiger partial charge in [-0.05, 0) is 32.9 Å². The quantitative estimate of drug-likeness (QED) is 0.859. The molecular weight excluding hydrogens is 266 g/mol. The summed E-state index contributed by atoms with van der Waals surface area (Å²) < 4.78 is 33.6. The summed E-state index contributed by atoms with van der Waals surface area (Å²) in [5.41, 5.74) is -0.201. The lowest BCUT2D eigenvalue weighted by Crippen LogP contribution is -2.43. The maximum atomic E-state index is 11.8. The third-order valence-corrected chi connectivity index (χ3v) is 3.22. The first kappa shape index (κ1) is 15.3. The number of anilines is 1. The molecule has 0 aliphatic carbocycles. The Morgan fingerprint density at radius 3 is 2.63 bits per heavy atom. The van der Waals surface area contributed by atoms with E-state index in [4.69, 9.17) is 10.00 Å². The Labute approximate surface area is 113 Å². The third kappa shape index (κ3) is 6.08. The Bertz CT molecular complexity index is 571. The van der Waals surface area contributed by atoms with Gasteiger partial charge in [-0.3, -0.25) is 4.72 Å². The molecule has 1 aromatic carbocycles. The van der Waals surface area contributed by atoms with Crippen LogP contribution in [0, 0.1) is 11.3 Å². The molecule has 2 N–H and O–H groups in total. The molecule has 0 saturated heterocycles. The molecule has 19 heavy (non-hydrogen) atoms. The van der Waals surface area contributed by atoms with Crippen LogP contribution >= 0.6 is 0 Å². The van der Waals surface area contributed by atoms with E-state index < -0.39 is 15.7 Å². The van der Waals surface area contributed by atoms with E-state index in [1.807, 2.05) is 6.07 Å². The summed E-state index contributed by atoms with van der Waals surface area (Å²) in [6, 6.07) is 8.24. The maximum Gasteiger partial charge on any atom is 0.299 e. The molecule has 1 rings (SSSR count).